The number of benzene rings is 4. The quantitative estimate of drug-likeness (QED) is 0.0155. The molecule has 28 heteroatoms. The number of nitrogens with zero attached hydrogens (tertiary/aromatic N) is 3. The zero-order chi connectivity index (χ0) is 52.0. The summed E-state index contributed by atoms with van der Waals surface area (Å²) in [4.78, 5) is 36.1. The molecule has 70 heavy (non-hydrogen) atoms. The molecule has 0 aliphatic carbocycles. The van der Waals surface area contributed by atoms with Crippen molar-refractivity contribution in [2.75, 3.05) is 21.4 Å². The molecular weight excluding hydrogens is 1180 g/mol. The molecule has 380 valence electrons. The van der Waals surface area contributed by atoms with Gasteiger partial charge >= 0.3 is 28.8 Å². The zero-order valence-electron chi connectivity index (χ0n) is 35.1. The number of hydrogen-bond donors (Lipinski definition) is 3. The summed E-state index contributed by atoms with van der Waals surface area (Å²) in [6, 6.07) is 37.7. The van der Waals surface area contributed by atoms with Crippen LogP contribution in [0.15, 0.2) is 152 Å². The van der Waals surface area contributed by atoms with Crippen molar-refractivity contribution in [3.8, 4) is 34.2 Å². The van der Waals surface area contributed by atoms with Crippen molar-refractivity contribution >= 4 is 133 Å². The third kappa shape index (κ3) is 24.7. The predicted molar refractivity (Wildman–Crippen MR) is 265 cm³/mol. The van der Waals surface area contributed by atoms with Gasteiger partial charge in [-0.3, -0.25) is 4.79 Å². The van der Waals surface area contributed by atoms with Crippen molar-refractivity contribution in [1.82, 2.24) is 29.9 Å². The van der Waals surface area contributed by atoms with Gasteiger partial charge in [-0.1, -0.05) is 121 Å². The maximum atomic E-state index is 11.8. The van der Waals surface area contributed by atoms with E-state index in [0.717, 1.165) is 50.5 Å². The Hall–Kier alpha value is -3.52. The number of hydrogen-bond acceptors (Lipinski definition) is 8. The Kier molecular flexibility index (Phi) is 33.8. The molecule has 0 fully saturated rings. The fraction of sp³-hybridized carbons (Fsp3) is 0.143. The van der Waals surface area contributed by atoms with E-state index in [9.17, 15) is 36.2 Å². The molecule has 3 aromatic heterocycles. The third-order valence-corrected chi connectivity index (χ3v) is 10.0. The van der Waals surface area contributed by atoms with E-state index in [4.69, 9.17) is 121 Å². The Bertz CT molecular complexity index is 2440. The van der Waals surface area contributed by atoms with Gasteiger partial charge in [0.2, 0.25) is 0 Å². The monoisotopic (exact) mass is 1220 g/mol. The van der Waals surface area contributed by atoms with Crippen LogP contribution in [0.2, 0.25) is 0 Å². The van der Waals surface area contributed by atoms with Crippen molar-refractivity contribution < 1.29 is 66.3 Å². The molecular formula is C42H35Cl8F6FeN6O5PS. The summed E-state index contributed by atoms with van der Waals surface area (Å²) in [5.74, 6) is -0.587. The number of rotatable bonds is 8. The Morgan fingerprint density at radius 1 is 0.543 bits per heavy atom. The molecule has 7 rings (SSSR count). The third-order valence-electron chi connectivity index (χ3n) is 7.41. The van der Waals surface area contributed by atoms with Gasteiger partial charge in [-0.2, -0.15) is 26.3 Å². The molecule has 3 N–H and O–H groups in total. The molecule has 4 aromatic carbocycles. The fourth-order valence-corrected chi connectivity index (χ4v) is 6.64. The molecule has 0 amide bonds. The molecule has 0 radical (unpaired) electrons. The molecule has 0 unspecified atom stereocenters. The molecule has 11 nitrogen and oxygen atoms in total. The first-order valence-corrected chi connectivity index (χ1v) is 25.4. The first kappa shape index (κ1) is 66.5. The topological polar surface area (TPSA) is 183 Å². The minimum absolute atomic E-state index is 0. The number of H-pyrrole nitrogens is 3. The Labute approximate surface area is 450 Å². The van der Waals surface area contributed by atoms with Crippen molar-refractivity contribution in [1.29, 1.82) is 0 Å². The van der Waals surface area contributed by atoms with Crippen LogP contribution < -0.4 is 21.4 Å². The standard InChI is InChI=1S/C27H21N6P.C10H7F3O2.4CH2Cl2.CHF3O3S.Fe/c1-4-10-19(11-5-1)25-28-16-22(31-25)34(23-17-29-26(32-23)20-12-6-2-7-13-20)24-18-30-27(33-24)21-14-8-3-9-15-21;11-10(12,13)9(15)6-8(14)7-4-2-1-3-5-7;4*2-1-3;2-1(3,4)8(5,6)7;/h1-18H,(H,28,31)(H,29,32)(H,30,33);1-6,15H;4*1H2;(H,5,6,7);/q;;;;;;;+2/p-2/b;9-6-;;;;;;. The zero-order valence-corrected chi connectivity index (χ0v) is 43.9. The SMILES string of the molecule is ClCCl.ClCCl.ClCCl.ClCCl.O=C(/C=C(\[O-])C(F)(F)F)c1ccccc1.O=S(=O)([O-])C(F)(F)F.[Fe+2].c1ccc(-c2nc(P(c3c[nH]c(-c4ccccc4)n3)c3c[nH]c(-c4ccccc4)n3)c[nH]2)cc1. The van der Waals surface area contributed by atoms with E-state index in [1.807, 2.05) is 73.2 Å². The van der Waals surface area contributed by atoms with Crippen LogP contribution >= 0.6 is 101 Å². The number of carbonyl (C=O) groups excluding carboxylic acids is 1. The first-order chi connectivity index (χ1) is 32.7. The number of imidazole rings is 3. The Morgan fingerprint density at radius 2 is 0.786 bits per heavy atom. The molecule has 7 aromatic rings. The minimum atomic E-state index is -6.09. The van der Waals surface area contributed by atoms with Crippen LogP contribution in [0.4, 0.5) is 26.3 Å². The molecule has 0 saturated carbocycles. The van der Waals surface area contributed by atoms with Gasteiger partial charge in [0.1, 0.15) is 17.5 Å². The number of aromatic nitrogens is 6. The van der Waals surface area contributed by atoms with Gasteiger partial charge in [0.15, 0.2) is 15.9 Å². The summed E-state index contributed by atoms with van der Waals surface area (Å²) in [7, 11) is -7.17. The van der Waals surface area contributed by atoms with Gasteiger partial charge in [-0.25, -0.2) is 23.4 Å². The summed E-state index contributed by atoms with van der Waals surface area (Å²) in [6.07, 6.45) is 0.977. The predicted octanol–water partition coefficient (Wildman–Crippen LogP) is 12.0. The van der Waals surface area contributed by atoms with E-state index in [2.05, 4.69) is 51.4 Å². The van der Waals surface area contributed by atoms with Crippen LogP contribution in [-0.2, 0) is 27.2 Å². The first-order valence-electron chi connectivity index (χ1n) is 18.3. The van der Waals surface area contributed by atoms with Gasteiger partial charge in [0, 0.05) is 40.8 Å². The van der Waals surface area contributed by atoms with Crippen LogP contribution in [-0.4, -0.2) is 81.7 Å². The summed E-state index contributed by atoms with van der Waals surface area (Å²) >= 11 is 38.1. The normalized spacial score (nSPS) is 10.8. The fourth-order valence-electron chi connectivity index (χ4n) is 4.75. The second-order valence-corrected chi connectivity index (χ2v) is 18.4. The van der Waals surface area contributed by atoms with E-state index in [1.54, 1.807) is 6.07 Å². The van der Waals surface area contributed by atoms with Crippen molar-refractivity contribution in [2.45, 2.75) is 11.7 Å². The minimum Gasteiger partial charge on any atom is -0.869 e. The van der Waals surface area contributed by atoms with Gasteiger partial charge in [-0.05, 0) is 11.8 Å². The second kappa shape index (κ2) is 35.6. The number of halogens is 14. The molecule has 0 aliphatic rings. The smallest absolute Gasteiger partial charge is 0.869 e. The summed E-state index contributed by atoms with van der Waals surface area (Å²) in [5.41, 5.74) is 0.305. The van der Waals surface area contributed by atoms with Gasteiger partial charge in [0.25, 0.3) is 0 Å². The van der Waals surface area contributed by atoms with Gasteiger partial charge in [0.05, 0.1) is 45.6 Å². The maximum absolute atomic E-state index is 11.8. The van der Waals surface area contributed by atoms with Gasteiger partial charge < -0.3 is 24.6 Å². The van der Waals surface area contributed by atoms with Crippen LogP contribution in [0.3, 0.4) is 0 Å². The Morgan fingerprint density at radius 3 is 1.01 bits per heavy atom. The van der Waals surface area contributed by atoms with E-state index in [0.29, 0.717) is 0 Å². The Balaban J connectivity index is 0.00000110. The number of allylic oxidation sites excluding steroid dienone is 2. The summed E-state index contributed by atoms with van der Waals surface area (Å²) in [6.45, 7) is 0. The number of carbonyl (C=O) groups is 1. The number of aromatic amines is 3. The van der Waals surface area contributed by atoms with Crippen LogP contribution in [0.25, 0.3) is 34.2 Å². The average Bonchev–Trinajstić information content (AvgIpc) is 4.12. The van der Waals surface area contributed by atoms with Crippen molar-refractivity contribution in [3.63, 3.8) is 0 Å². The average molecular weight is 1220 g/mol. The van der Waals surface area contributed by atoms with Crippen LogP contribution in [0.1, 0.15) is 10.4 Å². The molecule has 0 aliphatic heterocycles. The molecule has 0 atom stereocenters. The number of nitrogens with one attached hydrogen (secondary N) is 3. The largest absolute Gasteiger partial charge is 2.00 e. The molecule has 0 saturated heterocycles. The maximum Gasteiger partial charge on any atom is 2.00 e. The molecule has 0 spiro atoms. The molecule has 0 bridgehead atoms. The van der Waals surface area contributed by atoms with Crippen molar-refractivity contribution in [3.05, 3.63) is 157 Å². The van der Waals surface area contributed by atoms with Crippen molar-refractivity contribution in [2.24, 2.45) is 0 Å². The number of ketones is 1. The molecule has 3 heterocycles. The van der Waals surface area contributed by atoms with Gasteiger partial charge in [-0.15, -0.1) is 92.8 Å². The van der Waals surface area contributed by atoms with Crippen LogP contribution in [0.5, 0.6) is 0 Å². The van der Waals surface area contributed by atoms with E-state index < -0.39 is 41.3 Å². The van der Waals surface area contributed by atoms with Crippen LogP contribution in [0, 0.1) is 0 Å². The summed E-state index contributed by atoms with van der Waals surface area (Å²) < 4.78 is 94.3. The second-order valence-electron chi connectivity index (χ2n) is 11.8. The summed E-state index contributed by atoms with van der Waals surface area (Å²) in [5, 5.41) is 11.2. The number of alkyl halides is 14. The van der Waals surface area contributed by atoms with E-state index in [-0.39, 0.29) is 50.1 Å². The van der Waals surface area contributed by atoms with E-state index >= 15 is 0 Å². The van der Waals surface area contributed by atoms with E-state index in [1.165, 1.54) is 24.3 Å².